The molecule has 1 amide bonds. The molecule has 0 aromatic carbocycles. The van der Waals surface area contributed by atoms with Crippen LogP contribution in [0.1, 0.15) is 31.1 Å². The Hall–Kier alpha value is -1.09. The largest absolute Gasteiger partial charge is 0.349 e. The Morgan fingerprint density at radius 2 is 2.07 bits per heavy atom. The second kappa shape index (κ2) is 5.12. The van der Waals surface area contributed by atoms with Crippen LogP contribution in [0.5, 0.6) is 0 Å². The first kappa shape index (κ1) is 12.0. The van der Waals surface area contributed by atoms with Crippen molar-refractivity contribution >= 4 is 17.5 Å². The maximum absolute atomic E-state index is 11.7. The number of aromatic nitrogens is 1. The number of carbonyl (C=O) groups is 1. The van der Waals surface area contributed by atoms with E-state index >= 15 is 0 Å². The highest BCUT2D eigenvalue weighted by Crippen LogP contribution is 2.06. The van der Waals surface area contributed by atoms with Gasteiger partial charge in [-0.2, -0.15) is 0 Å². The summed E-state index contributed by atoms with van der Waals surface area (Å²) in [6, 6.07) is 3.42. The zero-order chi connectivity index (χ0) is 11.4. The van der Waals surface area contributed by atoms with Crippen LogP contribution in [0.4, 0.5) is 0 Å². The SMILES string of the molecule is CC(C)[C@@H](C)NC(=O)c1ccc(Cl)nc1. The van der Waals surface area contributed by atoms with E-state index in [-0.39, 0.29) is 11.9 Å². The fourth-order valence-corrected chi connectivity index (χ4v) is 1.08. The van der Waals surface area contributed by atoms with Crippen molar-refractivity contribution < 1.29 is 4.79 Å². The molecule has 0 spiro atoms. The van der Waals surface area contributed by atoms with Gasteiger partial charge in [-0.1, -0.05) is 25.4 Å². The predicted octanol–water partition coefficient (Wildman–Crippen LogP) is 2.51. The van der Waals surface area contributed by atoms with Gasteiger partial charge in [0.25, 0.3) is 5.91 Å². The van der Waals surface area contributed by atoms with Gasteiger partial charge in [-0.3, -0.25) is 4.79 Å². The molecule has 0 bridgehead atoms. The molecule has 82 valence electrons. The molecule has 0 unspecified atom stereocenters. The van der Waals surface area contributed by atoms with Gasteiger partial charge in [0.1, 0.15) is 5.15 Å². The van der Waals surface area contributed by atoms with E-state index in [1.165, 1.54) is 6.20 Å². The predicted molar refractivity (Wildman–Crippen MR) is 61.0 cm³/mol. The van der Waals surface area contributed by atoms with E-state index in [1.54, 1.807) is 12.1 Å². The lowest BCUT2D eigenvalue weighted by Gasteiger charge is -2.17. The molecular formula is C11H15ClN2O. The van der Waals surface area contributed by atoms with E-state index < -0.39 is 0 Å². The second-order valence-electron chi connectivity index (χ2n) is 3.88. The fourth-order valence-electron chi connectivity index (χ4n) is 0.967. The van der Waals surface area contributed by atoms with Gasteiger partial charge in [-0.15, -0.1) is 0 Å². The van der Waals surface area contributed by atoms with Crippen molar-refractivity contribution in [2.75, 3.05) is 0 Å². The van der Waals surface area contributed by atoms with Crippen LogP contribution in [0.15, 0.2) is 18.3 Å². The van der Waals surface area contributed by atoms with E-state index in [2.05, 4.69) is 24.1 Å². The molecule has 15 heavy (non-hydrogen) atoms. The van der Waals surface area contributed by atoms with Crippen molar-refractivity contribution in [3.63, 3.8) is 0 Å². The third-order valence-corrected chi connectivity index (χ3v) is 2.57. The topological polar surface area (TPSA) is 42.0 Å². The Kier molecular flexibility index (Phi) is 4.09. The molecule has 0 radical (unpaired) electrons. The van der Waals surface area contributed by atoms with E-state index in [1.807, 2.05) is 6.92 Å². The highest BCUT2D eigenvalue weighted by Gasteiger charge is 2.12. The molecule has 1 heterocycles. The Morgan fingerprint density at radius 3 is 2.53 bits per heavy atom. The van der Waals surface area contributed by atoms with Crippen LogP contribution in [-0.4, -0.2) is 16.9 Å². The number of halogens is 1. The highest BCUT2D eigenvalue weighted by atomic mass is 35.5. The van der Waals surface area contributed by atoms with Crippen LogP contribution in [-0.2, 0) is 0 Å². The molecular weight excluding hydrogens is 212 g/mol. The first-order chi connectivity index (χ1) is 7.00. The molecule has 0 fully saturated rings. The molecule has 0 aliphatic heterocycles. The smallest absolute Gasteiger partial charge is 0.253 e. The average Bonchev–Trinajstić information content (AvgIpc) is 2.18. The number of pyridine rings is 1. The Bertz CT molecular complexity index is 335. The summed E-state index contributed by atoms with van der Waals surface area (Å²) in [6.07, 6.45) is 1.48. The molecule has 0 saturated carbocycles. The van der Waals surface area contributed by atoms with E-state index in [9.17, 15) is 4.79 Å². The standard InChI is InChI=1S/C11H15ClN2O/c1-7(2)8(3)14-11(15)9-4-5-10(12)13-6-9/h4-8H,1-3H3,(H,14,15)/t8-/m1/s1. The molecule has 0 aliphatic carbocycles. The van der Waals surface area contributed by atoms with Crippen molar-refractivity contribution in [3.8, 4) is 0 Å². The summed E-state index contributed by atoms with van der Waals surface area (Å²) in [4.78, 5) is 15.5. The molecule has 0 aliphatic rings. The second-order valence-corrected chi connectivity index (χ2v) is 4.26. The number of nitrogens with zero attached hydrogens (tertiary/aromatic N) is 1. The lowest BCUT2D eigenvalue weighted by atomic mass is 10.1. The van der Waals surface area contributed by atoms with Crippen LogP contribution in [0.3, 0.4) is 0 Å². The van der Waals surface area contributed by atoms with Crippen molar-refractivity contribution in [3.05, 3.63) is 29.0 Å². The summed E-state index contributed by atoms with van der Waals surface area (Å²) in [6.45, 7) is 6.10. The van der Waals surface area contributed by atoms with Crippen LogP contribution < -0.4 is 5.32 Å². The minimum absolute atomic E-state index is 0.111. The van der Waals surface area contributed by atoms with Crippen molar-refractivity contribution in [2.45, 2.75) is 26.8 Å². The van der Waals surface area contributed by atoms with Crippen molar-refractivity contribution in [1.82, 2.24) is 10.3 Å². The number of hydrogen-bond acceptors (Lipinski definition) is 2. The summed E-state index contributed by atoms with van der Waals surface area (Å²) in [5, 5.41) is 3.29. The molecule has 1 atom stereocenters. The van der Waals surface area contributed by atoms with Gasteiger partial charge in [0, 0.05) is 12.2 Å². The van der Waals surface area contributed by atoms with Gasteiger partial charge < -0.3 is 5.32 Å². The maximum atomic E-state index is 11.7. The van der Waals surface area contributed by atoms with Crippen molar-refractivity contribution in [2.24, 2.45) is 5.92 Å². The van der Waals surface area contributed by atoms with E-state index in [4.69, 9.17) is 11.6 Å². The summed E-state index contributed by atoms with van der Waals surface area (Å²) in [5.74, 6) is 0.301. The zero-order valence-corrected chi connectivity index (χ0v) is 9.88. The van der Waals surface area contributed by atoms with Gasteiger partial charge in [0.05, 0.1) is 5.56 Å². The molecule has 0 saturated heterocycles. The minimum atomic E-state index is -0.111. The normalized spacial score (nSPS) is 12.6. The van der Waals surface area contributed by atoms with Gasteiger partial charge in [-0.25, -0.2) is 4.98 Å². The van der Waals surface area contributed by atoms with Crippen LogP contribution in [0.25, 0.3) is 0 Å². The monoisotopic (exact) mass is 226 g/mol. The minimum Gasteiger partial charge on any atom is -0.349 e. The third-order valence-electron chi connectivity index (χ3n) is 2.35. The highest BCUT2D eigenvalue weighted by molar-refractivity contribution is 6.29. The molecule has 3 nitrogen and oxygen atoms in total. The molecule has 1 aromatic heterocycles. The number of amides is 1. The zero-order valence-electron chi connectivity index (χ0n) is 9.12. The van der Waals surface area contributed by atoms with E-state index in [0.29, 0.717) is 16.6 Å². The van der Waals surface area contributed by atoms with Crippen molar-refractivity contribution in [1.29, 1.82) is 0 Å². The first-order valence-corrected chi connectivity index (χ1v) is 5.31. The molecule has 1 rings (SSSR count). The molecule has 1 N–H and O–H groups in total. The summed E-state index contributed by atoms with van der Waals surface area (Å²) >= 11 is 5.63. The lowest BCUT2D eigenvalue weighted by molar-refractivity contribution is 0.0930. The Morgan fingerprint density at radius 1 is 1.40 bits per heavy atom. The number of hydrogen-bond donors (Lipinski definition) is 1. The third kappa shape index (κ3) is 3.51. The van der Waals surface area contributed by atoms with Gasteiger partial charge in [-0.05, 0) is 25.0 Å². The Labute approximate surface area is 94.9 Å². The first-order valence-electron chi connectivity index (χ1n) is 4.93. The van der Waals surface area contributed by atoms with Gasteiger partial charge >= 0.3 is 0 Å². The summed E-state index contributed by atoms with van der Waals surface area (Å²) in [5.41, 5.74) is 0.534. The summed E-state index contributed by atoms with van der Waals surface area (Å²) < 4.78 is 0. The number of nitrogens with one attached hydrogen (secondary N) is 1. The van der Waals surface area contributed by atoms with E-state index in [0.717, 1.165) is 0 Å². The van der Waals surface area contributed by atoms with Gasteiger partial charge in [0.15, 0.2) is 0 Å². The summed E-state index contributed by atoms with van der Waals surface area (Å²) in [7, 11) is 0. The molecule has 1 aromatic rings. The van der Waals surface area contributed by atoms with Crippen LogP contribution in [0, 0.1) is 5.92 Å². The average molecular weight is 227 g/mol. The Balaban J connectivity index is 2.65. The lowest BCUT2D eigenvalue weighted by Crippen LogP contribution is -2.36. The van der Waals surface area contributed by atoms with Gasteiger partial charge in [0.2, 0.25) is 0 Å². The van der Waals surface area contributed by atoms with Crippen LogP contribution >= 0.6 is 11.6 Å². The van der Waals surface area contributed by atoms with Crippen LogP contribution in [0.2, 0.25) is 5.15 Å². The molecule has 4 heteroatoms. The number of rotatable bonds is 3. The maximum Gasteiger partial charge on any atom is 0.253 e. The fraction of sp³-hybridized carbons (Fsp3) is 0.455. The number of carbonyl (C=O) groups excluding carboxylic acids is 1. The quantitative estimate of drug-likeness (QED) is 0.805.